The van der Waals surface area contributed by atoms with Crippen LogP contribution in [0.15, 0.2) is 12.1 Å². The molecule has 128 valence electrons. The summed E-state index contributed by atoms with van der Waals surface area (Å²) in [6, 6.07) is 2.67. The summed E-state index contributed by atoms with van der Waals surface area (Å²) < 4.78 is 20.5. The van der Waals surface area contributed by atoms with Crippen molar-refractivity contribution in [3.63, 3.8) is 0 Å². The third-order valence-electron chi connectivity index (χ3n) is 2.98. The van der Waals surface area contributed by atoms with Gasteiger partial charge in [0.1, 0.15) is 12.7 Å². The van der Waals surface area contributed by atoms with Crippen LogP contribution in [0.2, 0.25) is 0 Å². The standard InChI is InChI=1S/C14H20N2O7/c1-9(23-14(17)15-2)10-7-12(21-4)13(22-6-5-20-3)8-11(10)16(18)19/h7-9H,5-6H2,1-4H3,(H,15,17). The molecule has 1 amide bonds. The minimum Gasteiger partial charge on any atom is -0.493 e. The van der Waals surface area contributed by atoms with Crippen molar-refractivity contribution in [3.05, 3.63) is 27.8 Å². The van der Waals surface area contributed by atoms with E-state index >= 15 is 0 Å². The van der Waals surface area contributed by atoms with Crippen molar-refractivity contribution in [2.45, 2.75) is 13.0 Å². The summed E-state index contributed by atoms with van der Waals surface area (Å²) in [6.45, 7) is 2.07. The lowest BCUT2D eigenvalue weighted by Crippen LogP contribution is -2.21. The molecule has 1 rings (SSSR count). The number of carbonyl (C=O) groups is 1. The summed E-state index contributed by atoms with van der Waals surface area (Å²) in [5.41, 5.74) is -0.0239. The Balaban J connectivity index is 3.18. The van der Waals surface area contributed by atoms with Gasteiger partial charge in [-0.2, -0.15) is 0 Å². The van der Waals surface area contributed by atoms with E-state index in [1.807, 2.05) is 0 Å². The zero-order chi connectivity index (χ0) is 17.4. The van der Waals surface area contributed by atoms with Gasteiger partial charge in [-0.1, -0.05) is 0 Å². The highest BCUT2D eigenvalue weighted by Gasteiger charge is 2.25. The van der Waals surface area contributed by atoms with E-state index < -0.39 is 17.1 Å². The lowest BCUT2D eigenvalue weighted by molar-refractivity contribution is -0.386. The lowest BCUT2D eigenvalue weighted by atomic mass is 10.1. The molecule has 0 saturated heterocycles. The molecule has 9 heteroatoms. The summed E-state index contributed by atoms with van der Waals surface area (Å²) in [4.78, 5) is 22.0. The van der Waals surface area contributed by atoms with Gasteiger partial charge in [0, 0.05) is 14.2 Å². The van der Waals surface area contributed by atoms with Crippen LogP contribution in [0.25, 0.3) is 0 Å². The monoisotopic (exact) mass is 328 g/mol. The first-order chi connectivity index (χ1) is 10.9. The third-order valence-corrected chi connectivity index (χ3v) is 2.98. The predicted molar refractivity (Wildman–Crippen MR) is 81.0 cm³/mol. The molecule has 1 atom stereocenters. The Bertz CT molecular complexity index is 562. The summed E-state index contributed by atoms with van der Waals surface area (Å²) in [5, 5.41) is 13.6. The Morgan fingerprint density at radius 1 is 1.30 bits per heavy atom. The SMILES string of the molecule is CNC(=O)OC(C)c1cc(OC)c(OCCOC)cc1[N+](=O)[O-]. The molecule has 1 unspecified atom stereocenters. The van der Waals surface area contributed by atoms with Crippen LogP contribution in [-0.4, -0.2) is 45.5 Å². The van der Waals surface area contributed by atoms with Crippen LogP contribution >= 0.6 is 0 Å². The van der Waals surface area contributed by atoms with Crippen LogP contribution in [0.4, 0.5) is 10.5 Å². The maximum Gasteiger partial charge on any atom is 0.407 e. The van der Waals surface area contributed by atoms with Gasteiger partial charge >= 0.3 is 6.09 Å². The second-order valence-electron chi connectivity index (χ2n) is 4.46. The van der Waals surface area contributed by atoms with E-state index in [0.29, 0.717) is 12.4 Å². The number of hydrogen-bond acceptors (Lipinski definition) is 7. The second-order valence-corrected chi connectivity index (χ2v) is 4.46. The van der Waals surface area contributed by atoms with Crippen LogP contribution in [0.1, 0.15) is 18.6 Å². The van der Waals surface area contributed by atoms with Gasteiger partial charge in [-0.3, -0.25) is 10.1 Å². The normalized spacial score (nSPS) is 11.5. The zero-order valence-corrected chi connectivity index (χ0v) is 13.5. The van der Waals surface area contributed by atoms with Gasteiger partial charge in [0.15, 0.2) is 11.5 Å². The molecule has 0 bridgehead atoms. The first-order valence-electron chi connectivity index (χ1n) is 6.81. The van der Waals surface area contributed by atoms with Gasteiger partial charge < -0.3 is 24.3 Å². The molecule has 1 N–H and O–H groups in total. The van der Waals surface area contributed by atoms with Crippen molar-refractivity contribution in [1.29, 1.82) is 0 Å². The van der Waals surface area contributed by atoms with Gasteiger partial charge in [0.05, 0.1) is 30.3 Å². The fourth-order valence-electron chi connectivity index (χ4n) is 1.84. The van der Waals surface area contributed by atoms with Crippen LogP contribution in [-0.2, 0) is 9.47 Å². The van der Waals surface area contributed by atoms with E-state index in [9.17, 15) is 14.9 Å². The van der Waals surface area contributed by atoms with E-state index in [4.69, 9.17) is 18.9 Å². The number of nitro groups is 1. The Morgan fingerprint density at radius 3 is 2.52 bits per heavy atom. The van der Waals surface area contributed by atoms with E-state index in [0.717, 1.165) is 0 Å². The van der Waals surface area contributed by atoms with E-state index in [1.54, 1.807) is 0 Å². The minimum absolute atomic E-state index is 0.203. The molecule has 0 heterocycles. The molecule has 1 aromatic carbocycles. The average molecular weight is 328 g/mol. The highest BCUT2D eigenvalue weighted by molar-refractivity contribution is 5.67. The molecular weight excluding hydrogens is 308 g/mol. The van der Waals surface area contributed by atoms with Crippen LogP contribution in [0.5, 0.6) is 11.5 Å². The molecule has 9 nitrogen and oxygen atoms in total. The first kappa shape index (κ1) is 18.5. The number of amides is 1. The number of carbonyl (C=O) groups excluding carboxylic acids is 1. The number of benzene rings is 1. The predicted octanol–water partition coefficient (Wildman–Crippen LogP) is 2.05. The highest BCUT2D eigenvalue weighted by atomic mass is 16.6. The Morgan fingerprint density at radius 2 is 2.00 bits per heavy atom. The van der Waals surface area contributed by atoms with Crippen molar-refractivity contribution >= 4 is 11.8 Å². The highest BCUT2D eigenvalue weighted by Crippen LogP contribution is 2.38. The van der Waals surface area contributed by atoms with Crippen molar-refractivity contribution < 1.29 is 28.7 Å². The fraction of sp³-hybridized carbons (Fsp3) is 0.500. The molecule has 1 aromatic rings. The van der Waals surface area contributed by atoms with Crippen molar-refractivity contribution in [1.82, 2.24) is 5.32 Å². The molecular formula is C14H20N2O7. The Hall–Kier alpha value is -2.55. The Kier molecular flexibility index (Phi) is 7.07. The van der Waals surface area contributed by atoms with Gasteiger partial charge in [-0.25, -0.2) is 4.79 Å². The molecule has 0 saturated carbocycles. The number of ether oxygens (including phenoxy) is 4. The maximum absolute atomic E-state index is 11.3. The number of alkyl carbamates (subject to hydrolysis) is 1. The van der Waals surface area contributed by atoms with Crippen molar-refractivity contribution in [2.75, 3.05) is 34.5 Å². The summed E-state index contributed by atoms with van der Waals surface area (Å²) >= 11 is 0. The number of rotatable bonds is 8. The molecule has 0 aliphatic carbocycles. The van der Waals surface area contributed by atoms with Crippen LogP contribution in [0.3, 0.4) is 0 Å². The molecule has 0 radical (unpaired) electrons. The van der Waals surface area contributed by atoms with Gasteiger partial charge in [0.25, 0.3) is 5.69 Å². The molecule has 0 aromatic heterocycles. The number of methoxy groups -OCH3 is 2. The fourth-order valence-corrected chi connectivity index (χ4v) is 1.84. The first-order valence-corrected chi connectivity index (χ1v) is 6.81. The van der Waals surface area contributed by atoms with Crippen LogP contribution in [0, 0.1) is 10.1 Å². The summed E-state index contributed by atoms with van der Waals surface area (Å²) in [7, 11) is 4.33. The van der Waals surface area contributed by atoms with Gasteiger partial charge in [-0.05, 0) is 13.0 Å². The van der Waals surface area contributed by atoms with Crippen molar-refractivity contribution in [2.24, 2.45) is 0 Å². The third kappa shape index (κ3) is 4.99. The molecule has 23 heavy (non-hydrogen) atoms. The van der Waals surface area contributed by atoms with Crippen molar-refractivity contribution in [3.8, 4) is 11.5 Å². The largest absolute Gasteiger partial charge is 0.493 e. The van der Waals surface area contributed by atoms with E-state index in [-0.39, 0.29) is 23.6 Å². The van der Waals surface area contributed by atoms with Gasteiger partial charge in [-0.15, -0.1) is 0 Å². The second kappa shape index (κ2) is 8.79. The van der Waals surface area contributed by atoms with E-state index in [1.165, 1.54) is 40.3 Å². The Labute approximate surface area is 133 Å². The molecule has 0 fully saturated rings. The van der Waals surface area contributed by atoms with E-state index in [2.05, 4.69) is 5.32 Å². The van der Waals surface area contributed by atoms with Gasteiger partial charge in [0.2, 0.25) is 0 Å². The minimum atomic E-state index is -0.836. The molecule has 0 spiro atoms. The topological polar surface area (TPSA) is 109 Å². The number of nitro benzene ring substituents is 1. The zero-order valence-electron chi connectivity index (χ0n) is 13.5. The summed E-state index contributed by atoms with van der Waals surface area (Å²) in [5.74, 6) is 0.515. The number of nitrogens with one attached hydrogen (secondary N) is 1. The van der Waals surface area contributed by atoms with Crippen LogP contribution < -0.4 is 14.8 Å². The quantitative estimate of drug-likeness (QED) is 0.442. The average Bonchev–Trinajstić information content (AvgIpc) is 2.54. The molecule has 0 aliphatic rings. The maximum atomic E-state index is 11.3. The lowest BCUT2D eigenvalue weighted by Gasteiger charge is -2.16. The number of hydrogen-bond donors (Lipinski definition) is 1. The molecule has 0 aliphatic heterocycles. The number of nitrogens with zero attached hydrogens (tertiary/aromatic N) is 1. The summed E-state index contributed by atoms with van der Waals surface area (Å²) in [6.07, 6.45) is -1.52. The smallest absolute Gasteiger partial charge is 0.407 e.